The summed E-state index contributed by atoms with van der Waals surface area (Å²) in [7, 11) is 8.91. The molecule has 0 fully saturated rings. The van der Waals surface area contributed by atoms with Crippen molar-refractivity contribution in [3.8, 4) is 0 Å². The Hall–Kier alpha value is -0.585. The van der Waals surface area contributed by atoms with Gasteiger partial charge in [-0.2, -0.15) is 0 Å². The molecule has 0 heterocycles. The van der Waals surface area contributed by atoms with Crippen LogP contribution in [0.2, 0.25) is 0 Å². The van der Waals surface area contributed by atoms with Gasteiger partial charge in [0.05, 0.1) is 7.17 Å². The van der Waals surface area contributed by atoms with E-state index < -0.39 is 0 Å². The van der Waals surface area contributed by atoms with E-state index in [1.54, 1.807) is 7.06 Å². The Labute approximate surface area is 83.0 Å². The lowest BCUT2D eigenvalue weighted by Gasteiger charge is -2.16. The third-order valence-corrected chi connectivity index (χ3v) is 2.66. The van der Waals surface area contributed by atoms with Crippen LogP contribution in [0, 0.1) is 0 Å². The fraction of sp³-hybridized carbons (Fsp3) is 0.400. The largest absolute Gasteiger partial charge is 0.0977 e. The molecule has 0 atom stereocenters. The summed E-state index contributed by atoms with van der Waals surface area (Å²) in [5, 5.41) is 0. The van der Waals surface area contributed by atoms with Gasteiger partial charge in [0.15, 0.2) is 0 Å². The summed E-state index contributed by atoms with van der Waals surface area (Å²) in [5.41, 5.74) is 4.27. The molecule has 1 aliphatic carbocycles. The summed E-state index contributed by atoms with van der Waals surface area (Å²) in [4.78, 5) is 0. The average Bonchev–Trinajstić information content (AvgIpc) is 2.18. The Morgan fingerprint density at radius 3 is 2.62 bits per heavy atom. The zero-order valence-corrected chi connectivity index (χ0v) is 7.79. The molecule has 0 saturated carbocycles. The highest BCUT2D eigenvalue weighted by Crippen LogP contribution is 2.19. The van der Waals surface area contributed by atoms with Crippen molar-refractivity contribution < 1.29 is 0 Å². The molecular weight excluding hydrogens is 153 g/mol. The quantitative estimate of drug-likeness (QED) is 0.561. The lowest BCUT2D eigenvalue weighted by atomic mass is 9.26. The van der Waals surface area contributed by atoms with Crippen molar-refractivity contribution in [2.24, 2.45) is 0 Å². The smallest absolute Gasteiger partial charge is 0.0956 e. The van der Waals surface area contributed by atoms with E-state index in [1.165, 1.54) is 42.3 Å². The lowest BCUT2D eigenvalue weighted by molar-refractivity contribution is 0.686. The van der Waals surface area contributed by atoms with Gasteiger partial charge in [-0.15, -0.1) is 0 Å². The van der Waals surface area contributed by atoms with Gasteiger partial charge in [-0.25, -0.2) is 0 Å². The third kappa shape index (κ3) is 2.01. The minimum Gasteiger partial charge on any atom is -0.0977 e. The Balaban J connectivity index is 2.24. The maximum Gasteiger partial charge on any atom is 0.0956 e. The van der Waals surface area contributed by atoms with Gasteiger partial charge in [0.1, 0.15) is 0 Å². The molecule has 0 saturated heterocycles. The normalized spacial score (nSPS) is 14.8. The van der Waals surface area contributed by atoms with Crippen LogP contribution >= 0.6 is 0 Å². The van der Waals surface area contributed by atoms with Crippen LogP contribution in [0.15, 0.2) is 18.2 Å². The van der Waals surface area contributed by atoms with Gasteiger partial charge in [0.2, 0.25) is 0 Å². The van der Waals surface area contributed by atoms with Crippen molar-refractivity contribution in [2.75, 3.05) is 0 Å². The molecule has 60 valence electrons. The summed E-state index contributed by atoms with van der Waals surface area (Å²) in [6, 6.07) is 6.65. The zero-order valence-electron chi connectivity index (χ0n) is 7.79. The average molecular weight is 164 g/mol. The van der Waals surface area contributed by atoms with Crippen molar-refractivity contribution >= 4 is 27.4 Å². The van der Waals surface area contributed by atoms with E-state index >= 15 is 0 Å². The van der Waals surface area contributed by atoms with Crippen molar-refractivity contribution in [1.29, 1.82) is 0 Å². The monoisotopic (exact) mass is 164 g/mol. The molecule has 0 bridgehead atoms. The second-order valence-electron chi connectivity index (χ2n) is 3.59. The summed E-state index contributed by atoms with van der Waals surface area (Å²) >= 11 is 0. The van der Waals surface area contributed by atoms with Crippen molar-refractivity contribution in [2.45, 2.75) is 25.7 Å². The number of hydrogen-bond acceptors (Lipinski definition) is 0. The number of aryl methyl sites for hydroxylation is 2. The van der Waals surface area contributed by atoms with Crippen LogP contribution in [0.25, 0.3) is 0 Å². The fourth-order valence-electron chi connectivity index (χ4n) is 1.97. The number of fused-ring (bicyclic) bond motifs is 1. The molecule has 0 spiro atoms. The molecule has 0 nitrogen and oxygen atoms in total. The van der Waals surface area contributed by atoms with Crippen molar-refractivity contribution in [3.63, 3.8) is 0 Å². The zero-order chi connectivity index (χ0) is 9.10. The summed E-state index contributed by atoms with van der Waals surface area (Å²) in [5.74, 6) is 0. The fourth-order valence-corrected chi connectivity index (χ4v) is 1.97. The van der Waals surface area contributed by atoms with Gasteiger partial charge in [-0.1, -0.05) is 23.7 Å². The summed E-state index contributed by atoms with van der Waals surface area (Å²) < 4.78 is 0. The van der Waals surface area contributed by atoms with Gasteiger partial charge in [-0.3, -0.25) is 0 Å². The molecule has 1 aliphatic rings. The van der Waals surface area contributed by atoms with Crippen LogP contribution in [0.1, 0.15) is 24.0 Å². The van der Waals surface area contributed by atoms with Crippen LogP contribution < -0.4 is 5.46 Å². The molecule has 3 heteroatoms. The third-order valence-electron chi connectivity index (χ3n) is 2.66. The Morgan fingerprint density at radius 2 is 1.85 bits per heavy atom. The van der Waals surface area contributed by atoms with Crippen LogP contribution in [-0.4, -0.2) is 22.0 Å². The first-order valence-corrected chi connectivity index (χ1v) is 4.90. The SMILES string of the molecule is [B][B][B]c1ccc2c(c1)CCCC2. The molecule has 0 N–H and O–H groups in total. The molecule has 0 aliphatic heterocycles. The highest BCUT2D eigenvalue weighted by atomic mass is 14.1. The van der Waals surface area contributed by atoms with Crippen LogP contribution in [-0.2, 0) is 12.8 Å². The van der Waals surface area contributed by atoms with Crippen molar-refractivity contribution in [1.82, 2.24) is 0 Å². The van der Waals surface area contributed by atoms with E-state index in [9.17, 15) is 0 Å². The minimum absolute atomic E-state index is 1.23. The molecule has 0 unspecified atom stereocenters. The van der Waals surface area contributed by atoms with Gasteiger partial charge >= 0.3 is 0 Å². The van der Waals surface area contributed by atoms with E-state index in [4.69, 9.17) is 7.74 Å². The second-order valence-corrected chi connectivity index (χ2v) is 3.59. The molecule has 4 radical (unpaired) electrons. The molecule has 2 rings (SSSR count). The van der Waals surface area contributed by atoms with Crippen molar-refractivity contribution in [3.05, 3.63) is 29.3 Å². The standard InChI is InChI=1S/C10H11B3/c11-13-12-10-6-5-8-3-1-2-4-9(8)7-10/h5-7H,1-4H2. The van der Waals surface area contributed by atoms with Crippen LogP contribution in [0.5, 0.6) is 0 Å². The van der Waals surface area contributed by atoms with E-state index in [2.05, 4.69) is 18.2 Å². The lowest BCUT2D eigenvalue weighted by Crippen LogP contribution is -2.22. The highest BCUT2D eigenvalue weighted by molar-refractivity contribution is 7.27. The number of rotatable bonds is 2. The predicted molar refractivity (Wildman–Crippen MR) is 60.0 cm³/mol. The second kappa shape index (κ2) is 4.08. The molecule has 13 heavy (non-hydrogen) atoms. The van der Waals surface area contributed by atoms with E-state index in [0.29, 0.717) is 0 Å². The summed E-state index contributed by atoms with van der Waals surface area (Å²) in [6.07, 6.45) is 5.17. The van der Waals surface area contributed by atoms with E-state index in [0.717, 1.165) is 0 Å². The molecule has 0 aromatic heterocycles. The predicted octanol–water partition coefficient (Wildman–Crippen LogP) is 0.598. The van der Waals surface area contributed by atoms with Gasteiger partial charge in [0, 0.05) is 14.8 Å². The number of hydrogen-bond donors (Lipinski definition) is 0. The summed E-state index contributed by atoms with van der Waals surface area (Å²) in [6.45, 7) is 0. The van der Waals surface area contributed by atoms with Crippen LogP contribution in [0.3, 0.4) is 0 Å². The van der Waals surface area contributed by atoms with Gasteiger partial charge in [-0.05, 0) is 36.8 Å². The minimum atomic E-state index is 1.23. The first-order valence-electron chi connectivity index (χ1n) is 4.90. The van der Waals surface area contributed by atoms with Crippen LogP contribution in [0.4, 0.5) is 0 Å². The molecule has 1 aromatic carbocycles. The number of benzene rings is 1. The van der Waals surface area contributed by atoms with Gasteiger partial charge in [0.25, 0.3) is 0 Å². The first kappa shape index (κ1) is 8.99. The Kier molecular flexibility index (Phi) is 2.82. The van der Waals surface area contributed by atoms with E-state index in [1.807, 2.05) is 7.17 Å². The Bertz CT molecular complexity index is 296. The maximum absolute atomic E-state index is 5.36. The first-order chi connectivity index (χ1) is 6.40. The molecule has 0 amide bonds. The topological polar surface area (TPSA) is 0 Å². The molecule has 1 aromatic rings. The van der Waals surface area contributed by atoms with Gasteiger partial charge < -0.3 is 0 Å². The Morgan fingerprint density at radius 1 is 1.08 bits per heavy atom. The molecular formula is C10H11B3. The highest BCUT2D eigenvalue weighted by Gasteiger charge is 2.08. The maximum atomic E-state index is 5.36. The van der Waals surface area contributed by atoms with E-state index in [-0.39, 0.29) is 0 Å².